The summed E-state index contributed by atoms with van der Waals surface area (Å²) in [7, 11) is 0.940. The van der Waals surface area contributed by atoms with E-state index in [4.69, 9.17) is 0 Å². The van der Waals surface area contributed by atoms with Gasteiger partial charge in [0.2, 0.25) is 0 Å². The van der Waals surface area contributed by atoms with Crippen LogP contribution in [0.5, 0.6) is 0 Å². The number of rotatable bonds is 2. The van der Waals surface area contributed by atoms with Crippen molar-refractivity contribution < 1.29 is 4.79 Å². The van der Waals surface area contributed by atoms with Crippen LogP contribution in [0.25, 0.3) is 0 Å². The van der Waals surface area contributed by atoms with Gasteiger partial charge in [-0.1, -0.05) is 6.92 Å². The minimum atomic E-state index is 0.262. The molecule has 1 radical (unpaired) electrons. The van der Waals surface area contributed by atoms with Gasteiger partial charge in [-0.15, -0.1) is 0 Å². The highest BCUT2D eigenvalue weighted by Crippen LogP contribution is 2.06. The summed E-state index contributed by atoms with van der Waals surface area (Å²) in [6.07, 6.45) is 0.954. The van der Waals surface area contributed by atoms with E-state index < -0.39 is 0 Å². The largest absolute Gasteiger partial charge is 0.295 e. The molecule has 0 unspecified atom stereocenters. The maximum atomic E-state index is 10.0. The van der Waals surface area contributed by atoms with Gasteiger partial charge in [-0.25, -0.2) is 0 Å². The minimum Gasteiger partial charge on any atom is -0.295 e. The quantitative estimate of drug-likeness (QED) is 0.484. The zero-order chi connectivity index (χ0) is 4.99. The molecular formula is C4H8OP. The van der Waals surface area contributed by atoms with E-state index in [1.165, 1.54) is 0 Å². The van der Waals surface area contributed by atoms with Gasteiger partial charge < -0.3 is 0 Å². The Morgan fingerprint density at radius 3 is 2.33 bits per heavy atom. The van der Waals surface area contributed by atoms with Gasteiger partial charge in [0.05, 0.1) is 0 Å². The van der Waals surface area contributed by atoms with E-state index in [1.807, 2.05) is 6.92 Å². The molecule has 0 aliphatic heterocycles. The highest BCUT2D eigenvalue weighted by atomic mass is 31.1. The van der Waals surface area contributed by atoms with Gasteiger partial charge >= 0.3 is 0 Å². The van der Waals surface area contributed by atoms with E-state index in [-0.39, 0.29) is 5.52 Å². The Labute approximate surface area is 39.9 Å². The van der Waals surface area contributed by atoms with Gasteiger partial charge in [-0.05, 0) is 21.7 Å². The molecule has 0 amide bonds. The maximum Gasteiger partial charge on any atom is 0.156 e. The molecule has 35 valence electrons. The van der Waals surface area contributed by atoms with Crippen LogP contribution in [0.1, 0.15) is 13.8 Å². The molecule has 1 nitrogen and oxygen atoms in total. The Hall–Kier alpha value is 0.100. The molecule has 0 fully saturated rings. The molecule has 0 saturated heterocycles. The molecule has 0 aromatic carbocycles. The van der Waals surface area contributed by atoms with Gasteiger partial charge in [-0.3, -0.25) is 4.79 Å². The van der Waals surface area contributed by atoms with Gasteiger partial charge in [0, 0.05) is 0 Å². The van der Waals surface area contributed by atoms with Gasteiger partial charge in [-0.2, -0.15) is 0 Å². The van der Waals surface area contributed by atoms with Crippen molar-refractivity contribution in [3.8, 4) is 0 Å². The first-order chi connectivity index (χ1) is 2.77. The second-order valence-corrected chi connectivity index (χ2v) is 2.57. The van der Waals surface area contributed by atoms with Crippen molar-refractivity contribution in [1.29, 1.82) is 0 Å². The van der Waals surface area contributed by atoms with E-state index in [0.29, 0.717) is 0 Å². The molecule has 0 aliphatic carbocycles. The van der Waals surface area contributed by atoms with Crippen LogP contribution in [0.4, 0.5) is 0 Å². The van der Waals surface area contributed by atoms with Gasteiger partial charge in [0.15, 0.2) is 5.52 Å². The Bertz CT molecular complexity index is 51.5. The fraction of sp³-hybridized carbons (Fsp3) is 0.750. The van der Waals surface area contributed by atoms with E-state index in [1.54, 1.807) is 6.92 Å². The summed E-state index contributed by atoms with van der Waals surface area (Å²) >= 11 is 0. The SMILES string of the molecule is CC[P]C(C)=O. The first-order valence-electron chi connectivity index (χ1n) is 1.95. The summed E-state index contributed by atoms with van der Waals surface area (Å²) in [6.45, 7) is 3.59. The molecule has 0 heterocycles. The van der Waals surface area contributed by atoms with Gasteiger partial charge in [0.25, 0.3) is 0 Å². The fourth-order valence-electron chi connectivity index (χ4n) is 0.223. The third-order valence-corrected chi connectivity index (χ3v) is 1.14. The van der Waals surface area contributed by atoms with Crippen molar-refractivity contribution in [1.82, 2.24) is 0 Å². The van der Waals surface area contributed by atoms with Crippen LogP contribution < -0.4 is 0 Å². The summed E-state index contributed by atoms with van der Waals surface area (Å²) in [4.78, 5) is 10.0. The number of carbonyl (C=O) groups excluding carboxylic acids is 1. The average Bonchev–Trinajstić information content (AvgIpc) is 1.35. The summed E-state index contributed by atoms with van der Waals surface area (Å²) < 4.78 is 0. The summed E-state index contributed by atoms with van der Waals surface area (Å²) in [5.74, 6) is 0. The topological polar surface area (TPSA) is 17.1 Å². The van der Waals surface area contributed by atoms with Crippen molar-refractivity contribution in [3.63, 3.8) is 0 Å². The van der Waals surface area contributed by atoms with Crippen molar-refractivity contribution in [3.05, 3.63) is 0 Å². The molecule has 0 aromatic rings. The van der Waals surface area contributed by atoms with Crippen LogP contribution in [0.3, 0.4) is 0 Å². The Balaban J connectivity index is 2.83. The lowest BCUT2D eigenvalue weighted by atomic mass is 10.9. The second-order valence-electron chi connectivity index (χ2n) is 0.993. The molecule has 6 heavy (non-hydrogen) atoms. The lowest BCUT2D eigenvalue weighted by molar-refractivity contribution is -0.109. The van der Waals surface area contributed by atoms with E-state index >= 15 is 0 Å². The normalized spacial score (nSPS) is 10.3. The molecule has 0 atom stereocenters. The molecule has 0 rings (SSSR count). The highest BCUT2D eigenvalue weighted by molar-refractivity contribution is 7.57. The molecule has 0 spiro atoms. The molecule has 0 N–H and O–H groups in total. The average molecular weight is 103 g/mol. The minimum absolute atomic E-state index is 0.262. The summed E-state index contributed by atoms with van der Waals surface area (Å²) in [6, 6.07) is 0. The van der Waals surface area contributed by atoms with E-state index in [0.717, 1.165) is 14.7 Å². The number of hydrogen-bond acceptors (Lipinski definition) is 1. The molecule has 0 saturated carbocycles. The molecule has 0 aliphatic rings. The van der Waals surface area contributed by atoms with Gasteiger partial charge in [0.1, 0.15) is 0 Å². The monoisotopic (exact) mass is 103 g/mol. The molecule has 0 aromatic heterocycles. The standard InChI is InChI=1S/C4H8OP/c1-3-6-4(2)5/h3H2,1-2H3. The van der Waals surface area contributed by atoms with Crippen molar-refractivity contribution >= 4 is 14.1 Å². The predicted molar refractivity (Wildman–Crippen MR) is 28.1 cm³/mol. The first kappa shape index (κ1) is 6.10. The summed E-state index contributed by atoms with van der Waals surface area (Å²) in [5.41, 5.74) is 0.262. The van der Waals surface area contributed by atoms with Crippen LogP contribution in [0, 0.1) is 0 Å². The van der Waals surface area contributed by atoms with Crippen LogP contribution in [0.15, 0.2) is 0 Å². The predicted octanol–water partition coefficient (Wildman–Crippen LogP) is 1.50. The zero-order valence-electron chi connectivity index (χ0n) is 4.06. The van der Waals surface area contributed by atoms with Crippen molar-refractivity contribution in [2.24, 2.45) is 0 Å². The first-order valence-corrected chi connectivity index (χ1v) is 3.03. The van der Waals surface area contributed by atoms with Crippen LogP contribution in [-0.4, -0.2) is 11.7 Å². The molecule has 0 bridgehead atoms. The molecular weight excluding hydrogens is 95.0 g/mol. The number of carbonyl (C=O) groups is 1. The Morgan fingerprint density at radius 2 is 2.33 bits per heavy atom. The zero-order valence-corrected chi connectivity index (χ0v) is 4.96. The van der Waals surface area contributed by atoms with E-state index in [2.05, 4.69) is 0 Å². The maximum absolute atomic E-state index is 10.0. The van der Waals surface area contributed by atoms with Crippen molar-refractivity contribution in [2.75, 3.05) is 6.16 Å². The highest BCUT2D eigenvalue weighted by Gasteiger charge is 1.84. The Kier molecular flexibility index (Phi) is 3.35. The van der Waals surface area contributed by atoms with Crippen LogP contribution in [0.2, 0.25) is 0 Å². The van der Waals surface area contributed by atoms with Crippen molar-refractivity contribution in [2.45, 2.75) is 13.8 Å². The lowest BCUT2D eigenvalue weighted by Crippen LogP contribution is -1.74. The Morgan fingerprint density at radius 1 is 1.83 bits per heavy atom. The third kappa shape index (κ3) is 4.10. The fourth-order valence-corrected chi connectivity index (χ4v) is 0.668. The second kappa shape index (κ2) is 3.30. The number of hydrogen-bond donors (Lipinski definition) is 0. The van der Waals surface area contributed by atoms with Crippen LogP contribution >= 0.6 is 8.58 Å². The van der Waals surface area contributed by atoms with Crippen LogP contribution in [-0.2, 0) is 4.79 Å². The summed E-state index contributed by atoms with van der Waals surface area (Å²) in [5, 5.41) is 0. The molecule has 2 heteroatoms. The lowest BCUT2D eigenvalue weighted by Gasteiger charge is -1.79. The third-order valence-electron chi connectivity index (χ3n) is 0.381. The van der Waals surface area contributed by atoms with E-state index in [9.17, 15) is 4.79 Å². The smallest absolute Gasteiger partial charge is 0.156 e.